The van der Waals surface area contributed by atoms with Gasteiger partial charge in [-0.05, 0) is 51.0 Å². The van der Waals surface area contributed by atoms with Crippen molar-refractivity contribution in [2.45, 2.75) is 32.8 Å². The van der Waals surface area contributed by atoms with Gasteiger partial charge in [0, 0.05) is 13.1 Å². The highest BCUT2D eigenvalue weighted by Crippen LogP contribution is 2.20. The van der Waals surface area contributed by atoms with E-state index in [0.717, 1.165) is 0 Å². The average Bonchev–Trinajstić information content (AvgIpc) is 2.67. The summed E-state index contributed by atoms with van der Waals surface area (Å²) in [5.41, 5.74) is 0.722. The van der Waals surface area contributed by atoms with E-state index in [9.17, 15) is 14.4 Å². The molecule has 7 heteroatoms. The molecule has 0 unspecified atom stereocenters. The first-order valence-electron chi connectivity index (χ1n) is 8.62. The van der Waals surface area contributed by atoms with Crippen LogP contribution in [-0.2, 0) is 19.1 Å². The van der Waals surface area contributed by atoms with Crippen LogP contribution in [-0.4, -0.2) is 48.5 Å². The van der Waals surface area contributed by atoms with Crippen molar-refractivity contribution in [3.8, 4) is 6.07 Å². The van der Waals surface area contributed by atoms with E-state index < -0.39 is 12.1 Å². The average molecular weight is 358 g/mol. The zero-order valence-corrected chi connectivity index (χ0v) is 14.9. The molecule has 0 N–H and O–H groups in total. The predicted octanol–water partition coefficient (Wildman–Crippen LogP) is 1.91. The van der Waals surface area contributed by atoms with Crippen LogP contribution in [0.2, 0.25) is 0 Å². The van der Waals surface area contributed by atoms with Gasteiger partial charge in [0.15, 0.2) is 6.10 Å². The Morgan fingerprint density at radius 2 is 1.85 bits per heavy atom. The summed E-state index contributed by atoms with van der Waals surface area (Å²) < 4.78 is 10.2. The molecule has 1 amide bonds. The zero-order valence-electron chi connectivity index (χ0n) is 14.9. The Balaban J connectivity index is 1.86. The van der Waals surface area contributed by atoms with E-state index in [1.165, 1.54) is 31.2 Å². The van der Waals surface area contributed by atoms with Crippen LogP contribution in [0, 0.1) is 17.2 Å². The number of carbonyl (C=O) groups excluding carboxylic acids is 3. The molecule has 26 heavy (non-hydrogen) atoms. The summed E-state index contributed by atoms with van der Waals surface area (Å²) in [4.78, 5) is 37.9. The maximum atomic E-state index is 12.5. The third-order valence-electron chi connectivity index (χ3n) is 4.31. The number of esters is 2. The summed E-state index contributed by atoms with van der Waals surface area (Å²) in [6, 6.07) is 7.98. The minimum atomic E-state index is -0.919. The number of carbonyl (C=O) groups is 3. The van der Waals surface area contributed by atoms with Gasteiger partial charge in [0.2, 0.25) is 0 Å². The standard InChI is InChI=1S/C19H22N2O5/c1-3-25-18(23)16-8-10-21(11-9-16)17(22)13(2)26-19(24)15-6-4-14(12-20)5-7-15/h4-7,13,16H,3,8-11H2,1-2H3/t13-/m1/s1. The number of rotatable bonds is 5. The first-order valence-corrected chi connectivity index (χ1v) is 8.62. The number of hydrogen-bond donors (Lipinski definition) is 0. The molecular formula is C19H22N2O5. The molecular weight excluding hydrogens is 336 g/mol. The normalized spacial score (nSPS) is 15.7. The molecule has 0 aromatic heterocycles. The quantitative estimate of drug-likeness (QED) is 0.746. The molecule has 7 nitrogen and oxygen atoms in total. The lowest BCUT2D eigenvalue weighted by Gasteiger charge is -2.32. The summed E-state index contributed by atoms with van der Waals surface area (Å²) in [5.74, 6) is -1.30. The van der Waals surface area contributed by atoms with Gasteiger partial charge in [-0.15, -0.1) is 0 Å². The topological polar surface area (TPSA) is 96.7 Å². The molecule has 0 bridgehead atoms. The maximum absolute atomic E-state index is 12.5. The third-order valence-corrected chi connectivity index (χ3v) is 4.31. The molecule has 1 fully saturated rings. The van der Waals surface area contributed by atoms with Gasteiger partial charge in [-0.25, -0.2) is 4.79 Å². The molecule has 0 radical (unpaired) electrons. The van der Waals surface area contributed by atoms with Gasteiger partial charge in [-0.3, -0.25) is 9.59 Å². The number of benzene rings is 1. The van der Waals surface area contributed by atoms with Crippen molar-refractivity contribution in [2.75, 3.05) is 19.7 Å². The Morgan fingerprint density at radius 1 is 1.23 bits per heavy atom. The molecule has 1 heterocycles. The van der Waals surface area contributed by atoms with Crippen molar-refractivity contribution >= 4 is 17.8 Å². The van der Waals surface area contributed by atoms with Crippen LogP contribution in [0.15, 0.2) is 24.3 Å². The predicted molar refractivity (Wildman–Crippen MR) is 92.0 cm³/mol. The number of hydrogen-bond acceptors (Lipinski definition) is 6. The third kappa shape index (κ3) is 4.82. The second kappa shape index (κ2) is 8.99. The number of ether oxygens (including phenoxy) is 2. The molecule has 1 saturated heterocycles. The van der Waals surface area contributed by atoms with Gasteiger partial charge in [0.25, 0.3) is 5.91 Å². The van der Waals surface area contributed by atoms with Crippen LogP contribution >= 0.6 is 0 Å². The fourth-order valence-corrected chi connectivity index (χ4v) is 2.81. The summed E-state index contributed by atoms with van der Waals surface area (Å²) in [6.45, 7) is 4.50. The van der Waals surface area contributed by atoms with Crippen molar-refractivity contribution in [3.63, 3.8) is 0 Å². The maximum Gasteiger partial charge on any atom is 0.338 e. The number of nitriles is 1. The number of likely N-dealkylation sites (tertiary alicyclic amines) is 1. The second-order valence-electron chi connectivity index (χ2n) is 6.09. The molecule has 1 aliphatic rings. The van der Waals surface area contributed by atoms with Crippen molar-refractivity contribution in [2.24, 2.45) is 5.92 Å². The van der Waals surface area contributed by atoms with Crippen molar-refractivity contribution < 1.29 is 23.9 Å². The van der Waals surface area contributed by atoms with Gasteiger partial charge < -0.3 is 14.4 Å². The SMILES string of the molecule is CCOC(=O)C1CCN(C(=O)[C@@H](C)OC(=O)c2ccc(C#N)cc2)CC1. The number of nitrogens with zero attached hydrogens (tertiary/aromatic N) is 2. The highest BCUT2D eigenvalue weighted by atomic mass is 16.5. The van der Waals surface area contributed by atoms with E-state index in [0.29, 0.717) is 38.1 Å². The highest BCUT2D eigenvalue weighted by molar-refractivity contribution is 5.92. The lowest BCUT2D eigenvalue weighted by atomic mass is 9.97. The van der Waals surface area contributed by atoms with Crippen LogP contribution in [0.4, 0.5) is 0 Å². The molecule has 1 aromatic carbocycles. The largest absolute Gasteiger partial charge is 0.466 e. The first-order chi connectivity index (χ1) is 12.5. The summed E-state index contributed by atoms with van der Waals surface area (Å²) in [5, 5.41) is 8.77. The van der Waals surface area contributed by atoms with E-state index >= 15 is 0 Å². The Hall–Kier alpha value is -2.88. The van der Waals surface area contributed by atoms with Gasteiger partial charge in [0.1, 0.15) is 0 Å². The lowest BCUT2D eigenvalue weighted by molar-refractivity contribution is -0.152. The fraction of sp³-hybridized carbons (Fsp3) is 0.474. The van der Waals surface area contributed by atoms with E-state index in [-0.39, 0.29) is 23.4 Å². The summed E-state index contributed by atoms with van der Waals surface area (Å²) in [6.07, 6.45) is 0.166. The Labute approximate surface area is 152 Å². The van der Waals surface area contributed by atoms with E-state index in [4.69, 9.17) is 14.7 Å². The van der Waals surface area contributed by atoms with Gasteiger partial charge in [-0.1, -0.05) is 0 Å². The molecule has 0 spiro atoms. The Morgan fingerprint density at radius 3 is 2.38 bits per heavy atom. The van der Waals surface area contributed by atoms with Gasteiger partial charge >= 0.3 is 11.9 Å². The fourth-order valence-electron chi connectivity index (χ4n) is 2.81. The van der Waals surface area contributed by atoms with E-state index in [1.54, 1.807) is 11.8 Å². The van der Waals surface area contributed by atoms with Crippen LogP contribution in [0.1, 0.15) is 42.6 Å². The smallest absolute Gasteiger partial charge is 0.338 e. The first kappa shape index (κ1) is 19.4. The molecule has 1 aromatic rings. The summed E-state index contributed by atoms with van der Waals surface area (Å²) in [7, 11) is 0. The Kier molecular flexibility index (Phi) is 6.73. The molecule has 1 aliphatic heterocycles. The monoisotopic (exact) mass is 358 g/mol. The summed E-state index contributed by atoms with van der Waals surface area (Å²) >= 11 is 0. The van der Waals surface area contributed by atoms with E-state index in [2.05, 4.69) is 0 Å². The zero-order chi connectivity index (χ0) is 19.1. The number of amides is 1. The second-order valence-corrected chi connectivity index (χ2v) is 6.09. The molecule has 2 rings (SSSR count). The Bertz CT molecular complexity index is 700. The molecule has 0 saturated carbocycles. The van der Waals surface area contributed by atoms with Crippen molar-refractivity contribution in [3.05, 3.63) is 35.4 Å². The van der Waals surface area contributed by atoms with Crippen molar-refractivity contribution in [1.29, 1.82) is 5.26 Å². The minimum Gasteiger partial charge on any atom is -0.466 e. The van der Waals surface area contributed by atoms with Crippen molar-refractivity contribution in [1.82, 2.24) is 4.90 Å². The molecule has 0 aliphatic carbocycles. The lowest BCUT2D eigenvalue weighted by Crippen LogP contribution is -2.45. The van der Waals surface area contributed by atoms with E-state index in [1.807, 2.05) is 6.07 Å². The molecule has 138 valence electrons. The molecule has 1 atom stereocenters. The van der Waals surface area contributed by atoms with Crippen LogP contribution in [0.3, 0.4) is 0 Å². The van der Waals surface area contributed by atoms with Gasteiger partial charge in [-0.2, -0.15) is 5.26 Å². The van der Waals surface area contributed by atoms with Crippen LogP contribution in [0.25, 0.3) is 0 Å². The minimum absolute atomic E-state index is 0.185. The van der Waals surface area contributed by atoms with Crippen LogP contribution < -0.4 is 0 Å². The highest BCUT2D eigenvalue weighted by Gasteiger charge is 2.31. The van der Waals surface area contributed by atoms with Gasteiger partial charge in [0.05, 0.1) is 29.7 Å². The number of piperidine rings is 1. The van der Waals surface area contributed by atoms with Crippen LogP contribution in [0.5, 0.6) is 0 Å².